The van der Waals surface area contributed by atoms with Crippen LogP contribution in [-0.4, -0.2) is 31.0 Å². The number of aromatic nitrogens is 3. The van der Waals surface area contributed by atoms with E-state index in [1.54, 1.807) is 0 Å². The number of benzene rings is 1. The minimum absolute atomic E-state index is 0.0915. The molecule has 198 valence electrons. The lowest BCUT2D eigenvalue weighted by atomic mass is 10.1. The molecule has 0 saturated heterocycles. The molecule has 8 heteroatoms. The van der Waals surface area contributed by atoms with Gasteiger partial charge in [0.1, 0.15) is 0 Å². The highest BCUT2D eigenvalue weighted by Crippen LogP contribution is 2.30. The lowest BCUT2D eigenvalue weighted by Crippen LogP contribution is -2.38. The van der Waals surface area contributed by atoms with Crippen LogP contribution in [0.25, 0.3) is 10.2 Å². The molecular formula is C29H38ClN5OS. The van der Waals surface area contributed by atoms with Gasteiger partial charge >= 0.3 is 0 Å². The molecule has 0 bridgehead atoms. The Hall–Kier alpha value is -2.61. The number of halogens is 1. The molecule has 0 unspecified atom stereocenters. The molecule has 1 fully saturated rings. The van der Waals surface area contributed by atoms with Gasteiger partial charge in [0.05, 0.1) is 10.2 Å². The van der Waals surface area contributed by atoms with Crippen molar-refractivity contribution < 1.29 is 4.79 Å². The summed E-state index contributed by atoms with van der Waals surface area (Å²) in [6.07, 6.45) is 4.56. The van der Waals surface area contributed by atoms with Crippen molar-refractivity contribution in [2.75, 3.05) is 0 Å². The van der Waals surface area contributed by atoms with E-state index >= 15 is 0 Å². The Bertz CT molecular complexity index is 1410. The molecular weight excluding hydrogens is 502 g/mol. The first-order valence-corrected chi connectivity index (χ1v) is 14.1. The average Bonchev–Trinajstić information content (AvgIpc) is 3.64. The predicted molar refractivity (Wildman–Crippen MR) is 154 cm³/mol. The fourth-order valence-electron chi connectivity index (χ4n) is 5.20. The van der Waals surface area contributed by atoms with Crippen LogP contribution in [0.4, 0.5) is 0 Å². The molecule has 2 N–H and O–H groups in total. The van der Waals surface area contributed by atoms with Crippen LogP contribution in [0.1, 0.15) is 69.9 Å². The third-order valence-electron chi connectivity index (χ3n) is 7.96. The van der Waals surface area contributed by atoms with Gasteiger partial charge in [-0.2, -0.15) is 0 Å². The highest BCUT2D eigenvalue weighted by atomic mass is 35.5. The number of nitrogens with zero attached hydrogens (tertiary/aromatic N) is 4. The third kappa shape index (κ3) is 5.79. The number of thiazole rings is 1. The van der Waals surface area contributed by atoms with Gasteiger partial charge < -0.3 is 19.8 Å². The Morgan fingerprint density at radius 2 is 1.62 bits per heavy atom. The Kier molecular flexibility index (Phi) is 8.46. The molecule has 6 nitrogen and oxygen atoms in total. The van der Waals surface area contributed by atoms with Crippen LogP contribution in [0.2, 0.25) is 4.47 Å². The van der Waals surface area contributed by atoms with Crippen LogP contribution < -0.4 is 5.73 Å². The van der Waals surface area contributed by atoms with Crippen LogP contribution in [-0.2, 0) is 27.2 Å². The zero-order chi connectivity index (χ0) is 26.9. The predicted octanol–water partition coefficient (Wildman–Crippen LogP) is 6.59. The minimum atomic E-state index is 0.0915. The number of hydrogen-bond acceptors (Lipinski definition) is 4. The second-order valence-electron chi connectivity index (χ2n) is 10.1. The number of aryl methyl sites for hydroxylation is 2. The maximum atomic E-state index is 13.5. The Morgan fingerprint density at radius 3 is 2.14 bits per heavy atom. The number of fused-ring (bicyclic) bond motifs is 1. The first kappa shape index (κ1) is 27.4. The number of nitrogens with two attached hydrogens (primary N) is 1. The second-order valence-corrected chi connectivity index (χ2v) is 11.7. The largest absolute Gasteiger partial charge is 0.352 e. The van der Waals surface area contributed by atoms with Gasteiger partial charge in [-0.15, -0.1) is 11.3 Å². The quantitative estimate of drug-likeness (QED) is 0.311. The molecule has 37 heavy (non-hydrogen) atoms. The van der Waals surface area contributed by atoms with Gasteiger partial charge in [0, 0.05) is 61.6 Å². The van der Waals surface area contributed by atoms with Gasteiger partial charge in [0.15, 0.2) is 4.47 Å². The molecule has 0 radical (unpaired) electrons. The number of amides is 1. The van der Waals surface area contributed by atoms with E-state index in [2.05, 4.69) is 72.9 Å². The number of carbonyl (C=O) groups excluding carboxylic acids is 1. The van der Waals surface area contributed by atoms with E-state index in [0.717, 1.165) is 23.1 Å². The fourth-order valence-corrected chi connectivity index (χ4v) is 6.21. The fraction of sp³-hybridized carbons (Fsp3) is 0.448. The second kappa shape index (κ2) is 11.4. The zero-order valence-corrected chi connectivity index (χ0v) is 24.3. The summed E-state index contributed by atoms with van der Waals surface area (Å²) < 4.78 is 5.87. The van der Waals surface area contributed by atoms with E-state index in [1.807, 2.05) is 18.2 Å². The number of hydrogen-bond donors (Lipinski definition) is 1. The summed E-state index contributed by atoms with van der Waals surface area (Å²) >= 11 is 7.47. The Morgan fingerprint density at radius 1 is 1.03 bits per heavy atom. The Balaban J connectivity index is 0.000000270. The summed E-state index contributed by atoms with van der Waals surface area (Å²) in [5.74, 6) is 0.0915. The van der Waals surface area contributed by atoms with Crippen LogP contribution >= 0.6 is 22.9 Å². The first-order valence-electron chi connectivity index (χ1n) is 12.9. The highest BCUT2D eigenvalue weighted by Gasteiger charge is 2.28. The maximum absolute atomic E-state index is 13.5. The van der Waals surface area contributed by atoms with Crippen molar-refractivity contribution in [2.24, 2.45) is 19.8 Å². The summed E-state index contributed by atoms with van der Waals surface area (Å²) in [6, 6.07) is 10.4. The van der Waals surface area contributed by atoms with Gasteiger partial charge in [-0.25, -0.2) is 4.98 Å². The lowest BCUT2D eigenvalue weighted by Gasteiger charge is -2.29. The average molecular weight is 540 g/mol. The summed E-state index contributed by atoms with van der Waals surface area (Å²) in [5.41, 5.74) is 14.5. The van der Waals surface area contributed by atoms with Crippen molar-refractivity contribution in [3.8, 4) is 0 Å². The summed E-state index contributed by atoms with van der Waals surface area (Å²) in [6.45, 7) is 9.73. The van der Waals surface area contributed by atoms with Gasteiger partial charge in [-0.3, -0.25) is 4.79 Å². The monoisotopic (exact) mass is 539 g/mol. The standard InChI is InChI=1S/C21H24ClN3OS.C8H14N2/c1-13-10-16(14(2)24(13)3)12-25(17-6-4-5-7-17)20(26)15-8-9-19-18(11-15)23-21(22)27-19;1-6-4-8(5-9)7(2)10(6)3/h8-11,17H,4-7,12H2,1-3H3;4H,5,9H2,1-3H3. The van der Waals surface area contributed by atoms with Crippen molar-refractivity contribution in [1.29, 1.82) is 0 Å². The highest BCUT2D eigenvalue weighted by molar-refractivity contribution is 7.22. The molecule has 0 spiro atoms. The van der Waals surface area contributed by atoms with Crippen molar-refractivity contribution in [2.45, 2.75) is 72.5 Å². The van der Waals surface area contributed by atoms with Gasteiger partial charge in [0.2, 0.25) is 0 Å². The molecule has 3 heterocycles. The summed E-state index contributed by atoms with van der Waals surface area (Å²) in [4.78, 5) is 19.9. The molecule has 1 amide bonds. The number of carbonyl (C=O) groups is 1. The molecule has 4 aromatic rings. The maximum Gasteiger partial charge on any atom is 0.254 e. The van der Waals surface area contributed by atoms with Crippen LogP contribution in [0.3, 0.4) is 0 Å². The van der Waals surface area contributed by atoms with Gasteiger partial charge in [-0.1, -0.05) is 24.4 Å². The molecule has 1 aliphatic rings. The smallest absolute Gasteiger partial charge is 0.254 e. The van der Waals surface area contributed by atoms with E-state index in [9.17, 15) is 4.79 Å². The lowest BCUT2D eigenvalue weighted by molar-refractivity contribution is 0.0664. The zero-order valence-electron chi connectivity index (χ0n) is 22.8. The normalized spacial score (nSPS) is 13.7. The van der Waals surface area contributed by atoms with Crippen molar-refractivity contribution >= 4 is 39.1 Å². The molecule has 0 atom stereocenters. The van der Waals surface area contributed by atoms with Crippen molar-refractivity contribution in [3.05, 3.63) is 74.3 Å². The molecule has 0 aliphatic heterocycles. The van der Waals surface area contributed by atoms with Gasteiger partial charge in [-0.05, 0) is 82.0 Å². The van der Waals surface area contributed by atoms with Crippen LogP contribution in [0, 0.1) is 27.7 Å². The summed E-state index contributed by atoms with van der Waals surface area (Å²) in [5, 5.41) is 0. The van der Waals surface area contributed by atoms with E-state index in [1.165, 1.54) is 58.1 Å². The number of rotatable bonds is 5. The third-order valence-corrected chi connectivity index (χ3v) is 9.10. The molecule has 1 aromatic carbocycles. The SMILES string of the molecule is Cc1cc(CN(C(=O)c2ccc3sc(Cl)nc3c2)C2CCCC2)c(C)n1C.Cc1cc(CN)c(C)n1C. The van der Waals surface area contributed by atoms with E-state index < -0.39 is 0 Å². The van der Waals surface area contributed by atoms with E-state index in [0.29, 0.717) is 29.2 Å². The van der Waals surface area contributed by atoms with Crippen molar-refractivity contribution in [3.63, 3.8) is 0 Å². The van der Waals surface area contributed by atoms with Crippen LogP contribution in [0.15, 0.2) is 30.3 Å². The van der Waals surface area contributed by atoms with Gasteiger partial charge in [0.25, 0.3) is 5.91 Å². The molecule has 3 aromatic heterocycles. The van der Waals surface area contributed by atoms with Crippen LogP contribution in [0.5, 0.6) is 0 Å². The Labute approximate surface area is 229 Å². The first-order chi connectivity index (χ1) is 17.6. The summed E-state index contributed by atoms with van der Waals surface area (Å²) in [7, 11) is 4.14. The molecule has 1 aliphatic carbocycles. The molecule has 5 rings (SSSR count). The van der Waals surface area contributed by atoms with Crippen molar-refractivity contribution in [1.82, 2.24) is 19.0 Å². The van der Waals surface area contributed by atoms with E-state index in [4.69, 9.17) is 17.3 Å². The minimum Gasteiger partial charge on any atom is -0.352 e. The molecule has 1 saturated carbocycles. The topological polar surface area (TPSA) is 69.1 Å². The van der Waals surface area contributed by atoms with E-state index in [-0.39, 0.29) is 5.91 Å².